The van der Waals surface area contributed by atoms with Crippen LogP contribution in [0, 0.1) is 5.92 Å². The van der Waals surface area contributed by atoms with E-state index in [1.54, 1.807) is 0 Å². The number of para-hydroxylation sites is 1. The van der Waals surface area contributed by atoms with Crippen LogP contribution in [0.1, 0.15) is 18.4 Å². The lowest BCUT2D eigenvalue weighted by atomic mass is 10.2. The fourth-order valence-electron chi connectivity index (χ4n) is 2.08. The third kappa shape index (κ3) is 3.17. The van der Waals surface area contributed by atoms with Crippen LogP contribution in [0.5, 0.6) is 11.5 Å². The maximum absolute atomic E-state index is 11.6. The van der Waals surface area contributed by atoms with Gasteiger partial charge in [-0.3, -0.25) is 4.79 Å². The Labute approximate surface area is 112 Å². The molecular weight excluding hydrogens is 244 g/mol. The van der Waals surface area contributed by atoms with Crippen molar-refractivity contribution in [3.8, 4) is 11.5 Å². The van der Waals surface area contributed by atoms with Crippen molar-refractivity contribution in [3.63, 3.8) is 0 Å². The monoisotopic (exact) mass is 262 g/mol. The number of amides is 1. The molecule has 19 heavy (non-hydrogen) atoms. The van der Waals surface area contributed by atoms with Gasteiger partial charge < -0.3 is 20.1 Å². The first kappa shape index (κ1) is 12.3. The Balaban J connectivity index is 1.44. The maximum atomic E-state index is 11.6. The summed E-state index contributed by atoms with van der Waals surface area (Å²) in [6.45, 7) is 2.02. The molecule has 1 amide bonds. The van der Waals surface area contributed by atoms with Crippen LogP contribution in [0.3, 0.4) is 0 Å². The zero-order valence-electron chi connectivity index (χ0n) is 10.8. The van der Waals surface area contributed by atoms with E-state index >= 15 is 0 Å². The van der Waals surface area contributed by atoms with E-state index in [9.17, 15) is 4.79 Å². The second-order valence-electron chi connectivity index (χ2n) is 5.00. The minimum absolute atomic E-state index is 0.0524. The van der Waals surface area contributed by atoms with Gasteiger partial charge in [-0.1, -0.05) is 12.1 Å². The van der Waals surface area contributed by atoms with Gasteiger partial charge in [0.1, 0.15) is 0 Å². The van der Waals surface area contributed by atoms with Crippen LogP contribution >= 0.6 is 0 Å². The van der Waals surface area contributed by atoms with Crippen molar-refractivity contribution in [2.24, 2.45) is 5.92 Å². The van der Waals surface area contributed by atoms with Crippen molar-refractivity contribution in [1.82, 2.24) is 10.6 Å². The largest absolute Gasteiger partial charge is 0.454 e. The molecule has 5 heteroatoms. The Bertz CT molecular complexity index is 472. The predicted octanol–water partition coefficient (Wildman–Crippen LogP) is 1.03. The Morgan fingerprint density at radius 1 is 1.32 bits per heavy atom. The molecule has 0 radical (unpaired) electrons. The van der Waals surface area contributed by atoms with Gasteiger partial charge in [0, 0.05) is 18.7 Å². The molecule has 102 valence electrons. The number of hydrogen-bond donors (Lipinski definition) is 2. The number of carbonyl (C=O) groups excluding carboxylic acids is 1. The second kappa shape index (κ2) is 5.48. The number of rotatable bonds is 6. The van der Waals surface area contributed by atoms with Crippen LogP contribution < -0.4 is 20.1 Å². The highest BCUT2D eigenvalue weighted by atomic mass is 16.7. The molecule has 0 aromatic heterocycles. The van der Waals surface area contributed by atoms with Crippen molar-refractivity contribution in [1.29, 1.82) is 0 Å². The summed E-state index contributed by atoms with van der Waals surface area (Å²) in [5.74, 6) is 2.33. The van der Waals surface area contributed by atoms with Crippen molar-refractivity contribution in [3.05, 3.63) is 23.8 Å². The van der Waals surface area contributed by atoms with E-state index in [2.05, 4.69) is 10.6 Å². The zero-order valence-corrected chi connectivity index (χ0v) is 10.8. The summed E-state index contributed by atoms with van der Waals surface area (Å²) < 4.78 is 10.7. The third-order valence-corrected chi connectivity index (χ3v) is 3.36. The molecule has 2 aliphatic rings. The van der Waals surface area contributed by atoms with Crippen LogP contribution in [-0.2, 0) is 11.3 Å². The molecule has 0 bridgehead atoms. The molecule has 0 unspecified atom stereocenters. The van der Waals surface area contributed by atoms with E-state index in [1.807, 2.05) is 18.2 Å². The van der Waals surface area contributed by atoms with Crippen molar-refractivity contribution in [2.75, 3.05) is 19.9 Å². The molecule has 1 aromatic carbocycles. The fraction of sp³-hybridized carbons (Fsp3) is 0.500. The summed E-state index contributed by atoms with van der Waals surface area (Å²) >= 11 is 0. The lowest BCUT2D eigenvalue weighted by Crippen LogP contribution is -2.34. The van der Waals surface area contributed by atoms with Crippen molar-refractivity contribution < 1.29 is 14.3 Å². The molecule has 2 N–H and O–H groups in total. The molecular formula is C14H18N2O3. The topological polar surface area (TPSA) is 59.6 Å². The fourth-order valence-corrected chi connectivity index (χ4v) is 2.08. The van der Waals surface area contributed by atoms with Crippen molar-refractivity contribution in [2.45, 2.75) is 19.4 Å². The third-order valence-electron chi connectivity index (χ3n) is 3.36. The molecule has 1 aliphatic carbocycles. The van der Waals surface area contributed by atoms with E-state index in [1.165, 1.54) is 12.8 Å². The summed E-state index contributed by atoms with van der Waals surface area (Å²) in [6, 6.07) is 5.79. The summed E-state index contributed by atoms with van der Waals surface area (Å²) in [5, 5.41) is 6.05. The molecule has 5 nitrogen and oxygen atoms in total. The van der Waals surface area contributed by atoms with Gasteiger partial charge in [-0.2, -0.15) is 0 Å². The zero-order chi connectivity index (χ0) is 13.1. The van der Waals surface area contributed by atoms with Crippen LogP contribution in [0.2, 0.25) is 0 Å². The number of hydrogen-bond acceptors (Lipinski definition) is 4. The van der Waals surface area contributed by atoms with E-state index in [4.69, 9.17) is 9.47 Å². The van der Waals surface area contributed by atoms with Gasteiger partial charge >= 0.3 is 0 Å². The lowest BCUT2D eigenvalue weighted by Gasteiger charge is -2.08. The standard InChI is InChI=1S/C14H18N2O3/c17-13(16-6-10-4-5-10)8-15-7-11-2-1-3-12-14(11)19-9-18-12/h1-3,10,15H,4-9H2,(H,16,17). The SMILES string of the molecule is O=C(CNCc1cccc2c1OCO2)NCC1CC1. The highest BCUT2D eigenvalue weighted by Gasteiger charge is 2.21. The average Bonchev–Trinajstić information content (AvgIpc) is 3.12. The first-order valence-electron chi connectivity index (χ1n) is 6.68. The molecule has 0 saturated heterocycles. The quantitative estimate of drug-likeness (QED) is 0.804. The lowest BCUT2D eigenvalue weighted by molar-refractivity contribution is -0.120. The van der Waals surface area contributed by atoms with Gasteiger partial charge in [0.15, 0.2) is 11.5 Å². The summed E-state index contributed by atoms with van der Waals surface area (Å²) in [5.41, 5.74) is 1.02. The molecule has 1 heterocycles. The van der Waals surface area contributed by atoms with Gasteiger partial charge in [-0.25, -0.2) is 0 Å². The molecule has 1 saturated carbocycles. The molecule has 1 aromatic rings. The normalized spacial score (nSPS) is 16.4. The molecule has 1 aliphatic heterocycles. The van der Waals surface area contributed by atoms with Gasteiger partial charge in [-0.05, 0) is 24.8 Å². The molecule has 1 fully saturated rings. The second-order valence-corrected chi connectivity index (χ2v) is 5.00. The first-order valence-corrected chi connectivity index (χ1v) is 6.68. The Morgan fingerprint density at radius 3 is 3.05 bits per heavy atom. The Morgan fingerprint density at radius 2 is 2.21 bits per heavy atom. The highest BCUT2D eigenvalue weighted by Crippen LogP contribution is 2.35. The summed E-state index contributed by atoms with van der Waals surface area (Å²) in [6.07, 6.45) is 2.50. The van der Waals surface area contributed by atoms with Gasteiger partial charge in [0.05, 0.1) is 6.54 Å². The minimum Gasteiger partial charge on any atom is -0.454 e. The number of carbonyl (C=O) groups is 1. The molecule has 3 rings (SSSR count). The Kier molecular flexibility index (Phi) is 3.55. The Hall–Kier alpha value is -1.75. The van der Waals surface area contributed by atoms with Crippen molar-refractivity contribution >= 4 is 5.91 Å². The number of fused-ring (bicyclic) bond motifs is 1. The number of benzene rings is 1. The van der Waals surface area contributed by atoms with Crippen LogP contribution in [-0.4, -0.2) is 25.8 Å². The van der Waals surface area contributed by atoms with E-state index in [0.717, 1.165) is 23.6 Å². The smallest absolute Gasteiger partial charge is 0.233 e. The van der Waals surface area contributed by atoms with Crippen LogP contribution in [0.15, 0.2) is 18.2 Å². The molecule has 0 atom stereocenters. The van der Waals surface area contributed by atoms with E-state index in [0.29, 0.717) is 19.0 Å². The summed E-state index contributed by atoms with van der Waals surface area (Å²) in [7, 11) is 0. The van der Waals surface area contributed by atoms with Crippen LogP contribution in [0.25, 0.3) is 0 Å². The minimum atomic E-state index is 0.0524. The highest BCUT2D eigenvalue weighted by molar-refractivity contribution is 5.78. The van der Waals surface area contributed by atoms with Gasteiger partial charge in [-0.15, -0.1) is 0 Å². The first-order chi connectivity index (χ1) is 9.33. The number of nitrogens with one attached hydrogen (secondary N) is 2. The van der Waals surface area contributed by atoms with Crippen LogP contribution in [0.4, 0.5) is 0 Å². The predicted molar refractivity (Wildman–Crippen MR) is 70.0 cm³/mol. The summed E-state index contributed by atoms with van der Waals surface area (Å²) in [4.78, 5) is 11.6. The number of ether oxygens (including phenoxy) is 2. The van der Waals surface area contributed by atoms with Gasteiger partial charge in [0.25, 0.3) is 0 Å². The average molecular weight is 262 g/mol. The van der Waals surface area contributed by atoms with E-state index < -0.39 is 0 Å². The van der Waals surface area contributed by atoms with Gasteiger partial charge in [0.2, 0.25) is 12.7 Å². The maximum Gasteiger partial charge on any atom is 0.233 e. The van der Waals surface area contributed by atoms with E-state index in [-0.39, 0.29) is 12.7 Å². The molecule has 0 spiro atoms.